The van der Waals surface area contributed by atoms with E-state index in [4.69, 9.17) is 9.84 Å². The summed E-state index contributed by atoms with van der Waals surface area (Å²) in [4.78, 5) is 10.8. The average molecular weight is 376 g/mol. The van der Waals surface area contributed by atoms with Crippen molar-refractivity contribution in [1.29, 1.82) is 0 Å². The fourth-order valence-electron chi connectivity index (χ4n) is 5.28. The zero-order chi connectivity index (χ0) is 19.4. The van der Waals surface area contributed by atoms with Crippen LogP contribution in [0.1, 0.15) is 64.2 Å². The molecule has 3 aliphatic rings. The van der Waals surface area contributed by atoms with Gasteiger partial charge in [0.2, 0.25) is 0 Å². The predicted octanol–water partition coefficient (Wildman–Crippen LogP) is 2.90. The molecule has 0 unspecified atom stereocenters. The van der Waals surface area contributed by atoms with Crippen LogP contribution in [0.15, 0.2) is 11.6 Å². The predicted molar refractivity (Wildman–Crippen MR) is 102 cm³/mol. The monoisotopic (exact) mass is 376 g/mol. The molecule has 0 aromatic rings. The lowest BCUT2D eigenvalue weighted by atomic mass is 9.53. The van der Waals surface area contributed by atoms with Crippen LogP contribution in [0, 0.1) is 29.6 Å². The van der Waals surface area contributed by atoms with Crippen molar-refractivity contribution < 1.29 is 24.9 Å². The van der Waals surface area contributed by atoms with Crippen molar-refractivity contribution in [2.24, 2.45) is 17.8 Å². The number of hydrogen-bond acceptors (Lipinski definition) is 4. The third kappa shape index (κ3) is 4.39. The first-order valence-corrected chi connectivity index (χ1v) is 10.3. The first-order chi connectivity index (χ1) is 13.0. The Morgan fingerprint density at radius 3 is 2.78 bits per heavy atom. The van der Waals surface area contributed by atoms with Gasteiger partial charge in [-0.1, -0.05) is 43.6 Å². The van der Waals surface area contributed by atoms with Crippen molar-refractivity contribution >= 4 is 5.97 Å². The molecule has 3 rings (SSSR count). The Kier molecular flexibility index (Phi) is 6.62. The highest BCUT2D eigenvalue weighted by Crippen LogP contribution is 2.56. The molecular weight excluding hydrogens is 344 g/mol. The number of rotatable bonds is 6. The Labute approximate surface area is 161 Å². The van der Waals surface area contributed by atoms with Crippen LogP contribution < -0.4 is 0 Å². The summed E-state index contributed by atoms with van der Waals surface area (Å²) in [7, 11) is 1.69. The molecule has 0 spiro atoms. The zero-order valence-electron chi connectivity index (χ0n) is 16.2. The summed E-state index contributed by atoms with van der Waals surface area (Å²) in [6.07, 6.45) is 9.22. The van der Waals surface area contributed by atoms with E-state index < -0.39 is 23.8 Å². The van der Waals surface area contributed by atoms with Crippen molar-refractivity contribution in [1.82, 2.24) is 0 Å². The number of hydrogen-bond donors (Lipinski definition) is 3. The van der Waals surface area contributed by atoms with E-state index in [2.05, 4.69) is 11.8 Å². The number of ether oxygens (including phenoxy) is 1. The van der Waals surface area contributed by atoms with Crippen molar-refractivity contribution in [2.45, 2.75) is 82.0 Å². The van der Waals surface area contributed by atoms with E-state index in [1.165, 1.54) is 25.7 Å². The molecule has 150 valence electrons. The van der Waals surface area contributed by atoms with Crippen LogP contribution in [0.5, 0.6) is 0 Å². The highest BCUT2D eigenvalue weighted by molar-refractivity contribution is 5.66. The third-order valence-corrected chi connectivity index (χ3v) is 6.80. The molecule has 3 saturated carbocycles. The number of aliphatic hydroxyl groups is 2. The van der Waals surface area contributed by atoms with Crippen molar-refractivity contribution in [3.63, 3.8) is 0 Å². The molecule has 0 aliphatic heterocycles. The number of carboxylic acids is 1. The minimum absolute atomic E-state index is 0.105. The van der Waals surface area contributed by atoms with Crippen LogP contribution in [0.2, 0.25) is 0 Å². The van der Waals surface area contributed by atoms with E-state index in [9.17, 15) is 15.0 Å². The normalized spacial score (nSPS) is 35.8. The Bertz CT molecular complexity index is 624. The van der Waals surface area contributed by atoms with Gasteiger partial charge in [0, 0.05) is 19.4 Å². The largest absolute Gasteiger partial charge is 0.481 e. The molecular formula is C22H32O5. The van der Waals surface area contributed by atoms with Crippen LogP contribution in [0.25, 0.3) is 0 Å². The van der Waals surface area contributed by atoms with Crippen LogP contribution in [-0.4, -0.2) is 46.2 Å². The summed E-state index contributed by atoms with van der Waals surface area (Å²) in [6, 6.07) is 0. The quantitative estimate of drug-likeness (QED) is 0.490. The fraction of sp³-hybridized carbons (Fsp3) is 0.773. The van der Waals surface area contributed by atoms with Gasteiger partial charge in [0.25, 0.3) is 0 Å². The molecule has 5 nitrogen and oxygen atoms in total. The maximum atomic E-state index is 10.8. The number of methoxy groups -OCH3 is 1. The third-order valence-electron chi connectivity index (χ3n) is 6.80. The highest BCUT2D eigenvalue weighted by atomic mass is 16.5. The molecule has 0 aromatic heterocycles. The molecule has 5 atom stereocenters. The number of carbonyl (C=O) groups is 1. The van der Waals surface area contributed by atoms with Gasteiger partial charge in [0.05, 0.1) is 17.6 Å². The van der Waals surface area contributed by atoms with E-state index in [0.29, 0.717) is 18.8 Å². The lowest BCUT2D eigenvalue weighted by Gasteiger charge is -2.57. The standard InChI is InChI=1S/C22H32O5/c1-27-22-12-11-20(24)18(10-9-17(23)13-15-5-2-3-6-15)19(22)14-16(22)7-4-8-21(25)26/h7,15,17-20,23-24H,2-6,8,11-14H2,1H3,(H,25,26)/t17-,18-,19-,20-,22+/m1/s1. The second-order valence-corrected chi connectivity index (χ2v) is 8.39. The number of aliphatic carboxylic acids is 1. The van der Waals surface area contributed by atoms with Gasteiger partial charge in [-0.15, -0.1) is 0 Å². The number of aliphatic hydroxyl groups excluding tert-OH is 2. The second-order valence-electron chi connectivity index (χ2n) is 8.39. The first-order valence-electron chi connectivity index (χ1n) is 10.3. The second kappa shape index (κ2) is 8.77. The number of allylic oxidation sites excluding steroid dienone is 1. The first kappa shape index (κ1) is 20.4. The van der Waals surface area contributed by atoms with Gasteiger partial charge in [0.15, 0.2) is 0 Å². The maximum absolute atomic E-state index is 10.8. The SMILES string of the molecule is CO[C@]12CC[C@@H](O)[C@H](C#C[C@@H](O)CC3CCCC3)[C@H]1CC2=CCCC(=O)O. The molecule has 3 aliphatic carbocycles. The minimum atomic E-state index is -0.798. The molecule has 3 N–H and O–H groups in total. The minimum Gasteiger partial charge on any atom is -0.481 e. The van der Waals surface area contributed by atoms with Crippen LogP contribution in [0.4, 0.5) is 0 Å². The summed E-state index contributed by atoms with van der Waals surface area (Å²) in [5.41, 5.74) is 0.717. The maximum Gasteiger partial charge on any atom is 0.303 e. The summed E-state index contributed by atoms with van der Waals surface area (Å²) < 4.78 is 5.88. The molecule has 0 amide bonds. The molecule has 0 radical (unpaired) electrons. The molecule has 0 bridgehead atoms. The molecule has 27 heavy (non-hydrogen) atoms. The molecule has 0 heterocycles. The number of carboxylic acid groups (broad SMARTS) is 1. The molecule has 3 fully saturated rings. The Morgan fingerprint density at radius 1 is 1.37 bits per heavy atom. The van der Waals surface area contributed by atoms with E-state index in [-0.39, 0.29) is 18.3 Å². The Balaban J connectivity index is 1.66. The lowest BCUT2D eigenvalue weighted by Crippen LogP contribution is -2.59. The average Bonchev–Trinajstić information content (AvgIpc) is 3.12. The van der Waals surface area contributed by atoms with Gasteiger partial charge in [-0.25, -0.2) is 0 Å². The van der Waals surface area contributed by atoms with E-state index in [1.807, 2.05) is 6.08 Å². The van der Waals surface area contributed by atoms with Crippen LogP contribution in [0.3, 0.4) is 0 Å². The van der Waals surface area contributed by atoms with Gasteiger partial charge < -0.3 is 20.1 Å². The van der Waals surface area contributed by atoms with E-state index in [0.717, 1.165) is 24.8 Å². The molecule has 5 heteroatoms. The van der Waals surface area contributed by atoms with Gasteiger partial charge in [-0.3, -0.25) is 4.79 Å². The van der Waals surface area contributed by atoms with E-state index >= 15 is 0 Å². The Morgan fingerprint density at radius 2 is 2.11 bits per heavy atom. The van der Waals surface area contributed by atoms with Crippen molar-refractivity contribution in [2.75, 3.05) is 7.11 Å². The van der Waals surface area contributed by atoms with E-state index in [1.54, 1.807) is 7.11 Å². The van der Waals surface area contributed by atoms with Gasteiger partial charge >= 0.3 is 5.97 Å². The molecule has 0 saturated heterocycles. The van der Waals surface area contributed by atoms with Crippen molar-refractivity contribution in [3.05, 3.63) is 11.6 Å². The summed E-state index contributed by atoms with van der Waals surface area (Å²) >= 11 is 0. The highest BCUT2D eigenvalue weighted by Gasteiger charge is 2.58. The van der Waals surface area contributed by atoms with Crippen LogP contribution >= 0.6 is 0 Å². The van der Waals surface area contributed by atoms with Gasteiger partial charge in [0.1, 0.15) is 6.10 Å². The molecule has 0 aromatic carbocycles. The van der Waals surface area contributed by atoms with Crippen molar-refractivity contribution in [3.8, 4) is 11.8 Å². The smallest absolute Gasteiger partial charge is 0.303 e. The topological polar surface area (TPSA) is 87.0 Å². The van der Waals surface area contributed by atoms with Gasteiger partial charge in [-0.05, 0) is 43.6 Å². The Hall–Kier alpha value is -1.35. The zero-order valence-corrected chi connectivity index (χ0v) is 16.2. The summed E-state index contributed by atoms with van der Waals surface area (Å²) in [5.74, 6) is 5.87. The lowest BCUT2D eigenvalue weighted by molar-refractivity contribution is -0.139. The van der Waals surface area contributed by atoms with Crippen LogP contribution in [-0.2, 0) is 9.53 Å². The number of fused-ring (bicyclic) bond motifs is 1. The summed E-state index contributed by atoms with van der Waals surface area (Å²) in [6.45, 7) is 0. The summed E-state index contributed by atoms with van der Waals surface area (Å²) in [5, 5.41) is 29.6. The van der Waals surface area contributed by atoms with Gasteiger partial charge in [-0.2, -0.15) is 0 Å². The fourth-order valence-corrected chi connectivity index (χ4v) is 5.28.